The normalized spacial score (nSPS) is 20.7. The Balaban J connectivity index is 2.05. The molecule has 124 valence electrons. The number of hydrogen-bond acceptors (Lipinski definition) is 6. The maximum Gasteiger partial charge on any atom is 0.247 e. The molecule has 0 aromatic carbocycles. The van der Waals surface area contributed by atoms with Crippen molar-refractivity contribution in [2.45, 2.75) is 39.8 Å². The van der Waals surface area contributed by atoms with Crippen molar-refractivity contribution in [3.8, 4) is 5.88 Å². The Bertz CT molecular complexity index is 712. The third-order valence-corrected chi connectivity index (χ3v) is 3.80. The van der Waals surface area contributed by atoms with Gasteiger partial charge in [0.15, 0.2) is 17.4 Å². The minimum absolute atomic E-state index is 0.143. The molecule has 2 aromatic heterocycles. The first-order valence-electron chi connectivity index (χ1n) is 8.09. The molecule has 7 nitrogen and oxygen atoms in total. The fraction of sp³-hybridized carbons (Fsp3) is 0.562. The summed E-state index contributed by atoms with van der Waals surface area (Å²) >= 11 is 0. The fourth-order valence-corrected chi connectivity index (χ4v) is 2.76. The zero-order valence-corrected chi connectivity index (χ0v) is 13.9. The van der Waals surface area contributed by atoms with E-state index in [1.54, 1.807) is 6.33 Å². The smallest absolute Gasteiger partial charge is 0.247 e. The van der Waals surface area contributed by atoms with Gasteiger partial charge in [-0.15, -0.1) is 0 Å². The molecule has 0 bridgehead atoms. The number of ether oxygens (including phenoxy) is 2. The zero-order chi connectivity index (χ0) is 16.4. The van der Waals surface area contributed by atoms with Crippen LogP contribution in [-0.4, -0.2) is 32.7 Å². The molecule has 3 rings (SSSR count). The number of imidazole rings is 1. The summed E-state index contributed by atoms with van der Waals surface area (Å²) in [7, 11) is 0. The van der Waals surface area contributed by atoms with Gasteiger partial charge in [-0.25, -0.2) is 4.98 Å². The summed E-state index contributed by atoms with van der Waals surface area (Å²) in [6.45, 7) is 11.4. The summed E-state index contributed by atoms with van der Waals surface area (Å²) in [6.07, 6.45) is 3.43. The van der Waals surface area contributed by atoms with Gasteiger partial charge in [0.05, 0.1) is 12.4 Å². The molecule has 2 unspecified atom stereocenters. The summed E-state index contributed by atoms with van der Waals surface area (Å²) in [4.78, 5) is 13.5. The van der Waals surface area contributed by atoms with Gasteiger partial charge in [-0.2, -0.15) is 9.97 Å². The Labute approximate surface area is 135 Å². The van der Waals surface area contributed by atoms with Crippen LogP contribution in [0, 0.1) is 5.92 Å². The van der Waals surface area contributed by atoms with Crippen LogP contribution in [0.3, 0.4) is 0 Å². The van der Waals surface area contributed by atoms with Gasteiger partial charge in [0, 0.05) is 18.9 Å². The number of anilines is 1. The largest absolute Gasteiger partial charge is 0.476 e. The van der Waals surface area contributed by atoms with Crippen molar-refractivity contribution in [1.82, 2.24) is 19.5 Å². The highest BCUT2D eigenvalue weighted by molar-refractivity contribution is 5.77. The lowest BCUT2D eigenvalue weighted by atomic mass is 10.1. The van der Waals surface area contributed by atoms with Crippen molar-refractivity contribution >= 4 is 17.1 Å². The lowest BCUT2D eigenvalue weighted by Crippen LogP contribution is -2.14. The standard InChI is InChI=1S/C16H23N5O2/c1-5-7-17-16-19-13-12(14(20-16)22-6-2)18-9-21(13)15-10(3)8-11(4)23-15/h9-10,15H,4-8H2,1-3H3,(H,17,19,20). The van der Waals surface area contributed by atoms with E-state index < -0.39 is 0 Å². The molecular formula is C16H23N5O2. The second kappa shape index (κ2) is 6.44. The van der Waals surface area contributed by atoms with Crippen molar-refractivity contribution in [2.75, 3.05) is 18.5 Å². The monoisotopic (exact) mass is 317 g/mol. The molecule has 0 radical (unpaired) electrons. The minimum Gasteiger partial charge on any atom is -0.476 e. The number of hydrogen-bond donors (Lipinski definition) is 1. The maximum atomic E-state index is 5.85. The Morgan fingerprint density at radius 2 is 2.26 bits per heavy atom. The average molecular weight is 317 g/mol. The average Bonchev–Trinajstić information content (AvgIpc) is 3.08. The summed E-state index contributed by atoms with van der Waals surface area (Å²) in [6, 6.07) is 0. The first-order chi connectivity index (χ1) is 11.1. The van der Waals surface area contributed by atoms with Crippen LogP contribution >= 0.6 is 0 Å². The molecule has 0 spiro atoms. The van der Waals surface area contributed by atoms with Gasteiger partial charge in [0.1, 0.15) is 6.33 Å². The third kappa shape index (κ3) is 2.95. The van der Waals surface area contributed by atoms with E-state index in [0.29, 0.717) is 35.5 Å². The summed E-state index contributed by atoms with van der Waals surface area (Å²) in [5.74, 6) is 2.17. The van der Waals surface area contributed by atoms with Gasteiger partial charge >= 0.3 is 0 Å². The van der Waals surface area contributed by atoms with E-state index >= 15 is 0 Å². The molecule has 23 heavy (non-hydrogen) atoms. The second-order valence-corrected chi connectivity index (χ2v) is 5.76. The van der Waals surface area contributed by atoms with E-state index in [-0.39, 0.29) is 6.23 Å². The molecule has 0 amide bonds. The number of aromatic nitrogens is 4. The Morgan fingerprint density at radius 1 is 1.43 bits per heavy atom. The fourth-order valence-electron chi connectivity index (χ4n) is 2.76. The Hall–Kier alpha value is -2.31. The molecule has 1 N–H and O–H groups in total. The number of allylic oxidation sites excluding steroid dienone is 1. The van der Waals surface area contributed by atoms with Crippen molar-refractivity contribution in [1.29, 1.82) is 0 Å². The SMILES string of the molecule is C=C1CC(C)C(n2cnc3c(OCC)nc(NCCC)nc32)O1. The van der Waals surface area contributed by atoms with E-state index in [1.165, 1.54) is 0 Å². The predicted molar refractivity (Wildman–Crippen MR) is 88.3 cm³/mol. The topological polar surface area (TPSA) is 74.1 Å². The molecule has 1 saturated heterocycles. The van der Waals surface area contributed by atoms with E-state index in [1.807, 2.05) is 11.5 Å². The zero-order valence-electron chi connectivity index (χ0n) is 13.9. The number of fused-ring (bicyclic) bond motifs is 1. The van der Waals surface area contributed by atoms with E-state index in [4.69, 9.17) is 9.47 Å². The lowest BCUT2D eigenvalue weighted by molar-refractivity contribution is 0.0745. The van der Waals surface area contributed by atoms with Crippen LogP contribution in [0.15, 0.2) is 18.7 Å². The van der Waals surface area contributed by atoms with Gasteiger partial charge < -0.3 is 14.8 Å². The first-order valence-corrected chi connectivity index (χ1v) is 8.09. The number of nitrogens with one attached hydrogen (secondary N) is 1. The van der Waals surface area contributed by atoms with Crippen LogP contribution < -0.4 is 10.1 Å². The Kier molecular flexibility index (Phi) is 4.36. The lowest BCUT2D eigenvalue weighted by Gasteiger charge is -2.17. The van der Waals surface area contributed by atoms with Crippen molar-refractivity contribution < 1.29 is 9.47 Å². The molecule has 1 fully saturated rings. The van der Waals surface area contributed by atoms with Crippen LogP contribution in [0.5, 0.6) is 5.88 Å². The van der Waals surface area contributed by atoms with E-state index in [2.05, 4.69) is 40.7 Å². The van der Waals surface area contributed by atoms with Crippen LogP contribution in [0.1, 0.15) is 39.8 Å². The second-order valence-electron chi connectivity index (χ2n) is 5.76. The van der Waals surface area contributed by atoms with Gasteiger partial charge in [0.25, 0.3) is 0 Å². The van der Waals surface area contributed by atoms with Gasteiger partial charge in [-0.05, 0) is 13.3 Å². The molecule has 1 aliphatic rings. The highest BCUT2D eigenvalue weighted by Gasteiger charge is 2.31. The molecule has 1 aliphatic heterocycles. The van der Waals surface area contributed by atoms with Crippen molar-refractivity contribution in [3.05, 3.63) is 18.7 Å². The van der Waals surface area contributed by atoms with E-state index in [0.717, 1.165) is 25.1 Å². The third-order valence-electron chi connectivity index (χ3n) is 3.80. The van der Waals surface area contributed by atoms with Crippen LogP contribution in [0.25, 0.3) is 11.2 Å². The van der Waals surface area contributed by atoms with Gasteiger partial charge in [-0.3, -0.25) is 4.57 Å². The van der Waals surface area contributed by atoms with Crippen LogP contribution in [0.4, 0.5) is 5.95 Å². The molecule has 2 aromatic rings. The number of nitrogens with zero attached hydrogens (tertiary/aromatic N) is 4. The molecule has 0 saturated carbocycles. The molecule has 7 heteroatoms. The molecule has 2 atom stereocenters. The summed E-state index contributed by atoms with van der Waals surface area (Å²) in [5, 5.41) is 3.21. The van der Waals surface area contributed by atoms with Crippen LogP contribution in [-0.2, 0) is 4.74 Å². The minimum atomic E-state index is -0.143. The summed E-state index contributed by atoms with van der Waals surface area (Å²) < 4.78 is 13.4. The van der Waals surface area contributed by atoms with Crippen molar-refractivity contribution in [3.63, 3.8) is 0 Å². The Morgan fingerprint density at radius 3 is 2.91 bits per heavy atom. The highest BCUT2D eigenvalue weighted by Crippen LogP contribution is 2.37. The quantitative estimate of drug-likeness (QED) is 0.882. The van der Waals surface area contributed by atoms with Gasteiger partial charge in [-0.1, -0.05) is 20.4 Å². The number of rotatable bonds is 6. The summed E-state index contributed by atoms with van der Waals surface area (Å²) in [5.41, 5.74) is 1.37. The predicted octanol–water partition coefficient (Wildman–Crippen LogP) is 3.12. The molecule has 0 aliphatic carbocycles. The first kappa shape index (κ1) is 15.6. The van der Waals surface area contributed by atoms with E-state index in [9.17, 15) is 0 Å². The molecule has 3 heterocycles. The van der Waals surface area contributed by atoms with Crippen LogP contribution in [0.2, 0.25) is 0 Å². The van der Waals surface area contributed by atoms with Crippen molar-refractivity contribution in [2.24, 2.45) is 5.92 Å². The van der Waals surface area contributed by atoms with Gasteiger partial charge in [0.2, 0.25) is 11.8 Å². The molecular weight excluding hydrogens is 294 g/mol. The highest BCUT2D eigenvalue weighted by atomic mass is 16.5. The maximum absolute atomic E-state index is 5.85.